The number of nitrogens with zero attached hydrogens (tertiary/aromatic N) is 2. The molecular formula is C24H26N4O5S. The van der Waals surface area contributed by atoms with Crippen LogP contribution in [0.3, 0.4) is 0 Å². The fourth-order valence-corrected chi connectivity index (χ4v) is 5.30. The standard InChI is InChI=1S/C22H22N4O3S.C2H4O2/c23-21(24)17-8-10-18(11-9-17)22(27)25-12-14-26(15-13-25)30(28,29)20-7-3-5-16-4-1-2-6-19(16)20;1-2(3)4/h1-11H,12-15H2,(H3,23,24);1H3,(H,3,4). The Kier molecular flexibility index (Phi) is 7.64. The molecule has 9 nitrogen and oxygen atoms in total. The number of nitrogens with one attached hydrogen (secondary N) is 1. The number of carboxylic acid groups (broad SMARTS) is 1. The summed E-state index contributed by atoms with van der Waals surface area (Å²) >= 11 is 0. The van der Waals surface area contributed by atoms with Gasteiger partial charge in [-0.3, -0.25) is 15.0 Å². The number of sulfonamides is 1. The quantitative estimate of drug-likeness (QED) is 0.384. The second-order valence-electron chi connectivity index (χ2n) is 7.68. The topological polar surface area (TPSA) is 145 Å². The lowest BCUT2D eigenvalue weighted by Gasteiger charge is -2.34. The first-order valence-corrected chi connectivity index (χ1v) is 12.0. The zero-order valence-corrected chi connectivity index (χ0v) is 19.5. The van der Waals surface area contributed by atoms with Gasteiger partial charge >= 0.3 is 0 Å². The number of benzene rings is 3. The van der Waals surface area contributed by atoms with Crippen LogP contribution in [0.4, 0.5) is 0 Å². The predicted octanol–water partition coefficient (Wildman–Crippen LogP) is 2.36. The Morgan fingerprint density at radius 1 is 0.882 bits per heavy atom. The molecule has 4 N–H and O–H groups in total. The zero-order chi connectivity index (χ0) is 24.9. The highest BCUT2D eigenvalue weighted by Crippen LogP contribution is 2.26. The molecule has 1 saturated heterocycles. The van der Waals surface area contributed by atoms with Crippen molar-refractivity contribution in [1.82, 2.24) is 9.21 Å². The van der Waals surface area contributed by atoms with Crippen molar-refractivity contribution < 1.29 is 23.1 Å². The van der Waals surface area contributed by atoms with Crippen LogP contribution in [0.2, 0.25) is 0 Å². The minimum Gasteiger partial charge on any atom is -0.481 e. The second kappa shape index (κ2) is 10.4. The summed E-state index contributed by atoms with van der Waals surface area (Å²) < 4.78 is 27.9. The highest BCUT2D eigenvalue weighted by Gasteiger charge is 2.31. The van der Waals surface area contributed by atoms with Crippen LogP contribution in [0, 0.1) is 5.41 Å². The van der Waals surface area contributed by atoms with Gasteiger partial charge in [-0.25, -0.2) is 8.42 Å². The van der Waals surface area contributed by atoms with E-state index in [2.05, 4.69) is 0 Å². The lowest BCUT2D eigenvalue weighted by molar-refractivity contribution is -0.134. The van der Waals surface area contributed by atoms with Gasteiger partial charge in [0.1, 0.15) is 5.84 Å². The average molecular weight is 483 g/mol. The van der Waals surface area contributed by atoms with Crippen LogP contribution >= 0.6 is 0 Å². The maximum absolute atomic E-state index is 13.2. The van der Waals surface area contributed by atoms with Gasteiger partial charge in [-0.1, -0.05) is 48.5 Å². The fraction of sp³-hybridized carbons (Fsp3) is 0.208. The zero-order valence-electron chi connectivity index (χ0n) is 18.6. The Hall–Kier alpha value is -3.76. The Morgan fingerprint density at radius 2 is 1.41 bits per heavy atom. The van der Waals surface area contributed by atoms with Crippen LogP contribution in [0.15, 0.2) is 71.6 Å². The molecule has 3 aromatic rings. The minimum absolute atomic E-state index is 0.0544. The third-order valence-electron chi connectivity index (χ3n) is 5.34. The normalized spacial score (nSPS) is 14.2. The predicted molar refractivity (Wildman–Crippen MR) is 129 cm³/mol. The Morgan fingerprint density at radius 3 is 2.00 bits per heavy atom. The number of nitrogen functional groups attached to an aromatic ring is 1. The number of aliphatic carboxylic acids is 1. The largest absolute Gasteiger partial charge is 0.481 e. The van der Waals surface area contributed by atoms with E-state index in [0.29, 0.717) is 34.5 Å². The molecule has 0 saturated carbocycles. The Labute approximate surface area is 198 Å². The highest BCUT2D eigenvalue weighted by atomic mass is 32.2. The van der Waals surface area contributed by atoms with E-state index in [1.165, 1.54) is 4.31 Å². The van der Waals surface area contributed by atoms with Crippen molar-refractivity contribution in [3.63, 3.8) is 0 Å². The van der Waals surface area contributed by atoms with E-state index in [9.17, 15) is 13.2 Å². The molecule has 3 aromatic carbocycles. The monoisotopic (exact) mass is 482 g/mol. The van der Waals surface area contributed by atoms with Crippen molar-refractivity contribution in [2.45, 2.75) is 11.8 Å². The van der Waals surface area contributed by atoms with Crippen molar-refractivity contribution in [1.29, 1.82) is 5.41 Å². The number of amidine groups is 1. The molecule has 34 heavy (non-hydrogen) atoms. The van der Waals surface area contributed by atoms with Gasteiger partial charge in [0, 0.05) is 49.6 Å². The highest BCUT2D eigenvalue weighted by molar-refractivity contribution is 7.89. The van der Waals surface area contributed by atoms with Gasteiger partial charge in [-0.15, -0.1) is 0 Å². The van der Waals surface area contributed by atoms with Crippen LogP contribution < -0.4 is 5.73 Å². The molecule has 4 rings (SSSR count). The summed E-state index contributed by atoms with van der Waals surface area (Å²) in [6, 6.07) is 19.2. The van der Waals surface area contributed by atoms with E-state index in [1.807, 2.05) is 30.3 Å². The number of amides is 1. The first-order chi connectivity index (χ1) is 16.1. The van der Waals surface area contributed by atoms with E-state index in [4.69, 9.17) is 21.0 Å². The van der Waals surface area contributed by atoms with Gasteiger partial charge < -0.3 is 15.7 Å². The van der Waals surface area contributed by atoms with Crippen LogP contribution in [-0.4, -0.2) is 66.6 Å². The number of hydrogen-bond donors (Lipinski definition) is 3. The molecule has 0 atom stereocenters. The molecule has 10 heteroatoms. The summed E-state index contributed by atoms with van der Waals surface area (Å²) in [5, 5.41) is 16.4. The number of rotatable bonds is 4. The van der Waals surface area contributed by atoms with Crippen molar-refractivity contribution >= 4 is 38.5 Å². The molecule has 0 bridgehead atoms. The lowest BCUT2D eigenvalue weighted by Crippen LogP contribution is -2.50. The van der Waals surface area contributed by atoms with E-state index in [1.54, 1.807) is 41.3 Å². The van der Waals surface area contributed by atoms with E-state index in [-0.39, 0.29) is 24.8 Å². The van der Waals surface area contributed by atoms with Gasteiger partial charge in [-0.05, 0) is 23.6 Å². The summed E-state index contributed by atoms with van der Waals surface area (Å²) in [6.07, 6.45) is 0. The fourth-order valence-electron chi connectivity index (χ4n) is 3.67. The third-order valence-corrected chi connectivity index (χ3v) is 7.29. The van der Waals surface area contributed by atoms with E-state index >= 15 is 0 Å². The SMILES string of the molecule is CC(=O)O.N=C(N)c1ccc(C(=O)N2CCN(S(=O)(=O)c3cccc4ccccc34)CC2)cc1. The van der Waals surface area contributed by atoms with Crippen LogP contribution in [0.25, 0.3) is 10.8 Å². The molecule has 0 unspecified atom stereocenters. The van der Waals surface area contributed by atoms with Crippen molar-refractivity contribution in [2.24, 2.45) is 5.73 Å². The van der Waals surface area contributed by atoms with Crippen LogP contribution in [-0.2, 0) is 14.8 Å². The minimum atomic E-state index is -3.66. The molecule has 0 aromatic heterocycles. The molecular weight excluding hydrogens is 456 g/mol. The average Bonchev–Trinajstić information content (AvgIpc) is 2.83. The second-order valence-corrected chi connectivity index (χ2v) is 9.59. The number of carbonyl (C=O) groups is 2. The summed E-state index contributed by atoms with van der Waals surface area (Å²) in [5.74, 6) is -1.05. The van der Waals surface area contributed by atoms with Crippen molar-refractivity contribution in [3.05, 3.63) is 77.9 Å². The van der Waals surface area contributed by atoms with E-state index in [0.717, 1.165) is 12.3 Å². The summed E-state index contributed by atoms with van der Waals surface area (Å²) in [7, 11) is -3.66. The molecule has 178 valence electrons. The number of piperazine rings is 1. The summed E-state index contributed by atoms with van der Waals surface area (Å²) in [4.78, 5) is 23.7. The summed E-state index contributed by atoms with van der Waals surface area (Å²) in [6.45, 7) is 2.19. The summed E-state index contributed by atoms with van der Waals surface area (Å²) in [5.41, 5.74) is 6.49. The third kappa shape index (κ3) is 5.59. The molecule has 0 radical (unpaired) electrons. The van der Waals surface area contributed by atoms with Gasteiger partial charge in [0.25, 0.3) is 11.9 Å². The maximum Gasteiger partial charge on any atom is 0.300 e. The first-order valence-electron chi connectivity index (χ1n) is 10.5. The van der Waals surface area contributed by atoms with Gasteiger partial charge in [0.05, 0.1) is 4.90 Å². The van der Waals surface area contributed by atoms with Gasteiger partial charge in [0.2, 0.25) is 10.0 Å². The van der Waals surface area contributed by atoms with Gasteiger partial charge in [0.15, 0.2) is 0 Å². The smallest absolute Gasteiger partial charge is 0.300 e. The number of fused-ring (bicyclic) bond motifs is 1. The van der Waals surface area contributed by atoms with Crippen LogP contribution in [0.1, 0.15) is 22.8 Å². The Bertz CT molecular complexity index is 1310. The van der Waals surface area contributed by atoms with Crippen molar-refractivity contribution in [2.75, 3.05) is 26.2 Å². The maximum atomic E-state index is 13.2. The van der Waals surface area contributed by atoms with Crippen molar-refractivity contribution in [3.8, 4) is 0 Å². The molecule has 1 heterocycles. The molecule has 1 aliphatic heterocycles. The molecule has 1 amide bonds. The van der Waals surface area contributed by atoms with E-state index < -0.39 is 16.0 Å². The Balaban J connectivity index is 0.000000751. The van der Waals surface area contributed by atoms with Crippen LogP contribution in [0.5, 0.6) is 0 Å². The lowest BCUT2D eigenvalue weighted by atomic mass is 10.1. The number of carboxylic acids is 1. The van der Waals surface area contributed by atoms with Gasteiger partial charge in [-0.2, -0.15) is 4.31 Å². The first kappa shape index (κ1) is 24.9. The number of hydrogen-bond acceptors (Lipinski definition) is 5. The number of carbonyl (C=O) groups excluding carboxylic acids is 1. The molecule has 0 spiro atoms. The molecule has 1 fully saturated rings. The number of nitrogens with two attached hydrogens (primary N) is 1. The molecule has 1 aliphatic rings. The molecule has 0 aliphatic carbocycles.